The number of carbonyl (C=O) groups excluding carboxylic acids is 2. The normalized spacial score (nSPS) is 17.6. The fourth-order valence-electron chi connectivity index (χ4n) is 4.60. The number of hydrogen-bond acceptors (Lipinski definition) is 7. The van der Waals surface area contributed by atoms with Crippen molar-refractivity contribution in [3.8, 4) is 11.5 Å². The standard InChI is InChI=1S/C24H29Cl2N5O4/c1-34-16-3-5-18(19(15-16)35-2)30-11-13-31(14-12-30)23(33)24(7-9-27-10-8-24)29-22(32)21-17(25)4-6-20(26)28-21/h3-6,15,27H,7-14H2,1-2H3,(H,29,32). The number of aromatic nitrogens is 1. The number of carbonyl (C=O) groups is 2. The lowest BCUT2D eigenvalue weighted by Crippen LogP contribution is -2.65. The number of anilines is 1. The zero-order chi connectivity index (χ0) is 25.0. The molecule has 1 aromatic carbocycles. The number of methoxy groups -OCH3 is 2. The van der Waals surface area contributed by atoms with E-state index in [-0.39, 0.29) is 21.8 Å². The first kappa shape index (κ1) is 25.3. The predicted molar refractivity (Wildman–Crippen MR) is 135 cm³/mol. The summed E-state index contributed by atoms with van der Waals surface area (Å²) in [5.41, 5.74) is -0.0661. The Balaban J connectivity index is 1.48. The van der Waals surface area contributed by atoms with E-state index in [1.807, 2.05) is 23.1 Å². The number of benzene rings is 1. The summed E-state index contributed by atoms with van der Waals surface area (Å²) in [7, 11) is 3.24. The molecule has 11 heteroatoms. The van der Waals surface area contributed by atoms with Gasteiger partial charge in [0, 0.05) is 32.2 Å². The highest BCUT2D eigenvalue weighted by molar-refractivity contribution is 6.34. The Bertz CT molecular complexity index is 1090. The fraction of sp³-hybridized carbons (Fsp3) is 0.458. The second-order valence-corrected chi connectivity index (χ2v) is 9.36. The van der Waals surface area contributed by atoms with Gasteiger partial charge in [0.15, 0.2) is 0 Å². The van der Waals surface area contributed by atoms with Gasteiger partial charge in [0.25, 0.3) is 5.91 Å². The first-order valence-corrected chi connectivity index (χ1v) is 12.2. The van der Waals surface area contributed by atoms with Crippen LogP contribution >= 0.6 is 23.2 Å². The maximum Gasteiger partial charge on any atom is 0.272 e. The first-order valence-electron chi connectivity index (χ1n) is 11.5. The molecule has 2 saturated heterocycles. The van der Waals surface area contributed by atoms with Crippen molar-refractivity contribution in [1.29, 1.82) is 0 Å². The minimum absolute atomic E-state index is 0.0151. The number of piperazine rings is 1. The summed E-state index contributed by atoms with van der Waals surface area (Å²) < 4.78 is 10.8. The van der Waals surface area contributed by atoms with Crippen molar-refractivity contribution in [3.05, 3.63) is 46.2 Å². The molecule has 0 spiro atoms. The molecule has 2 amide bonds. The van der Waals surface area contributed by atoms with Gasteiger partial charge in [-0.25, -0.2) is 4.98 Å². The molecule has 0 bridgehead atoms. The molecule has 1 aromatic heterocycles. The fourth-order valence-corrected chi connectivity index (χ4v) is 4.94. The summed E-state index contributed by atoms with van der Waals surface area (Å²) in [6.45, 7) is 3.55. The molecule has 0 unspecified atom stereocenters. The molecule has 0 saturated carbocycles. The molecule has 9 nitrogen and oxygen atoms in total. The SMILES string of the molecule is COc1ccc(N2CCN(C(=O)C3(NC(=O)c4nc(Cl)ccc4Cl)CCNCC3)CC2)c(OC)c1. The molecule has 0 aliphatic carbocycles. The van der Waals surface area contributed by atoms with Crippen molar-refractivity contribution in [2.45, 2.75) is 18.4 Å². The van der Waals surface area contributed by atoms with Gasteiger partial charge in [-0.1, -0.05) is 23.2 Å². The summed E-state index contributed by atoms with van der Waals surface area (Å²) in [6.07, 6.45) is 0.949. The van der Waals surface area contributed by atoms with Crippen LogP contribution in [0.4, 0.5) is 5.69 Å². The van der Waals surface area contributed by atoms with Crippen molar-refractivity contribution >= 4 is 40.7 Å². The molecule has 0 atom stereocenters. The molecule has 2 aromatic rings. The van der Waals surface area contributed by atoms with E-state index in [4.69, 9.17) is 32.7 Å². The van der Waals surface area contributed by atoms with E-state index in [2.05, 4.69) is 20.5 Å². The Kier molecular flexibility index (Phi) is 7.88. The van der Waals surface area contributed by atoms with Gasteiger partial charge in [-0.15, -0.1) is 0 Å². The Labute approximate surface area is 214 Å². The van der Waals surface area contributed by atoms with Gasteiger partial charge in [-0.05, 0) is 50.2 Å². The summed E-state index contributed by atoms with van der Waals surface area (Å²) >= 11 is 12.2. The minimum Gasteiger partial charge on any atom is -0.497 e. The highest BCUT2D eigenvalue weighted by atomic mass is 35.5. The molecular formula is C24H29Cl2N5O4. The maximum atomic E-state index is 13.8. The smallest absolute Gasteiger partial charge is 0.272 e. The van der Waals surface area contributed by atoms with Crippen LogP contribution in [0.15, 0.2) is 30.3 Å². The van der Waals surface area contributed by atoms with Crippen LogP contribution in [0.1, 0.15) is 23.3 Å². The van der Waals surface area contributed by atoms with Crippen molar-refractivity contribution in [2.24, 2.45) is 0 Å². The van der Waals surface area contributed by atoms with Crippen molar-refractivity contribution in [1.82, 2.24) is 20.5 Å². The number of pyridine rings is 1. The van der Waals surface area contributed by atoms with Gasteiger partial charge < -0.3 is 29.9 Å². The molecule has 188 valence electrons. The molecular weight excluding hydrogens is 493 g/mol. The Hall–Kier alpha value is -2.75. The van der Waals surface area contributed by atoms with E-state index in [1.165, 1.54) is 12.1 Å². The molecule has 0 radical (unpaired) electrons. The van der Waals surface area contributed by atoms with E-state index in [0.29, 0.717) is 52.1 Å². The third-order valence-corrected chi connectivity index (χ3v) is 7.06. The van der Waals surface area contributed by atoms with E-state index in [0.717, 1.165) is 17.2 Å². The van der Waals surface area contributed by atoms with E-state index >= 15 is 0 Å². The van der Waals surface area contributed by atoms with Crippen LogP contribution in [0, 0.1) is 0 Å². The van der Waals surface area contributed by atoms with E-state index in [9.17, 15) is 9.59 Å². The highest BCUT2D eigenvalue weighted by Gasteiger charge is 2.44. The number of halogens is 2. The van der Waals surface area contributed by atoms with Gasteiger partial charge in [0.1, 0.15) is 27.9 Å². The molecule has 2 N–H and O–H groups in total. The van der Waals surface area contributed by atoms with Crippen LogP contribution in [0.25, 0.3) is 0 Å². The van der Waals surface area contributed by atoms with Crippen LogP contribution < -0.4 is 25.0 Å². The molecule has 3 heterocycles. The second kappa shape index (κ2) is 10.9. The van der Waals surface area contributed by atoms with Crippen LogP contribution in [-0.4, -0.2) is 80.7 Å². The Morgan fingerprint density at radius 1 is 1.03 bits per heavy atom. The summed E-state index contributed by atoms with van der Waals surface area (Å²) in [5, 5.41) is 6.58. The highest BCUT2D eigenvalue weighted by Crippen LogP contribution is 2.33. The summed E-state index contributed by atoms with van der Waals surface area (Å²) in [6, 6.07) is 8.75. The van der Waals surface area contributed by atoms with Gasteiger partial charge in [-0.2, -0.15) is 0 Å². The lowest BCUT2D eigenvalue weighted by atomic mass is 9.86. The maximum absolute atomic E-state index is 13.8. The zero-order valence-electron chi connectivity index (χ0n) is 19.8. The number of rotatable bonds is 6. The van der Waals surface area contributed by atoms with E-state index < -0.39 is 11.4 Å². The number of piperidine rings is 1. The summed E-state index contributed by atoms with van der Waals surface area (Å²) in [5.74, 6) is 0.843. The minimum atomic E-state index is -1.03. The summed E-state index contributed by atoms with van der Waals surface area (Å²) in [4.78, 5) is 35.0. The third kappa shape index (κ3) is 5.42. The third-order valence-electron chi connectivity index (χ3n) is 6.54. The largest absolute Gasteiger partial charge is 0.497 e. The average molecular weight is 522 g/mol. The Morgan fingerprint density at radius 2 is 1.74 bits per heavy atom. The molecule has 4 rings (SSSR count). The van der Waals surface area contributed by atoms with Crippen molar-refractivity contribution in [3.63, 3.8) is 0 Å². The number of nitrogens with one attached hydrogen (secondary N) is 2. The molecule has 35 heavy (non-hydrogen) atoms. The topological polar surface area (TPSA) is 96.0 Å². The van der Waals surface area contributed by atoms with Crippen molar-refractivity contribution < 1.29 is 19.1 Å². The first-order chi connectivity index (χ1) is 16.9. The van der Waals surface area contributed by atoms with Gasteiger partial charge in [0.2, 0.25) is 5.91 Å². The molecule has 2 aliphatic rings. The van der Waals surface area contributed by atoms with Gasteiger partial charge in [0.05, 0.1) is 24.9 Å². The lowest BCUT2D eigenvalue weighted by Gasteiger charge is -2.43. The lowest BCUT2D eigenvalue weighted by molar-refractivity contribution is -0.139. The second-order valence-electron chi connectivity index (χ2n) is 8.57. The molecule has 2 aliphatic heterocycles. The number of hydrogen-bond donors (Lipinski definition) is 2. The quantitative estimate of drug-likeness (QED) is 0.564. The zero-order valence-corrected chi connectivity index (χ0v) is 21.3. The van der Waals surface area contributed by atoms with E-state index in [1.54, 1.807) is 14.2 Å². The van der Waals surface area contributed by atoms with Gasteiger partial charge >= 0.3 is 0 Å². The predicted octanol–water partition coefficient (Wildman–Crippen LogP) is 2.61. The van der Waals surface area contributed by atoms with Crippen molar-refractivity contribution in [2.75, 3.05) is 58.4 Å². The average Bonchev–Trinajstić information content (AvgIpc) is 2.89. The van der Waals surface area contributed by atoms with Crippen LogP contribution in [-0.2, 0) is 4.79 Å². The molecule has 2 fully saturated rings. The number of amides is 2. The van der Waals surface area contributed by atoms with Crippen LogP contribution in [0.3, 0.4) is 0 Å². The number of nitrogens with zero attached hydrogens (tertiary/aromatic N) is 3. The van der Waals surface area contributed by atoms with Crippen LogP contribution in [0.5, 0.6) is 11.5 Å². The number of ether oxygens (including phenoxy) is 2. The van der Waals surface area contributed by atoms with Crippen LogP contribution in [0.2, 0.25) is 10.2 Å². The monoisotopic (exact) mass is 521 g/mol. The van der Waals surface area contributed by atoms with Gasteiger partial charge in [-0.3, -0.25) is 9.59 Å². The Morgan fingerprint density at radius 3 is 2.40 bits per heavy atom.